The largest absolute Gasteiger partial charge is 0.391 e. The molecule has 3 N–H and O–H groups in total. The number of hydrogen-bond acceptors (Lipinski definition) is 4. The number of rotatable bonds is 5. The van der Waals surface area contributed by atoms with Crippen molar-refractivity contribution in [3.05, 3.63) is 18.0 Å². The highest BCUT2D eigenvalue weighted by Crippen LogP contribution is 2.31. The van der Waals surface area contributed by atoms with Gasteiger partial charge in [-0.2, -0.15) is 5.10 Å². The second kappa shape index (κ2) is 6.70. The summed E-state index contributed by atoms with van der Waals surface area (Å²) in [5.41, 5.74) is 7.49. The Morgan fingerprint density at radius 2 is 2.20 bits per heavy atom. The second-order valence-electron chi connectivity index (χ2n) is 6.05. The monoisotopic (exact) mass is 280 g/mol. The number of nitrogens with two attached hydrogens (primary N) is 1. The lowest BCUT2D eigenvalue weighted by Gasteiger charge is -2.41. The first-order chi connectivity index (χ1) is 9.54. The first-order valence-electron chi connectivity index (χ1n) is 7.68. The summed E-state index contributed by atoms with van der Waals surface area (Å²) < 4.78 is 1.82. The highest BCUT2D eigenvalue weighted by atomic mass is 16.3. The van der Waals surface area contributed by atoms with E-state index < -0.39 is 0 Å². The van der Waals surface area contributed by atoms with E-state index in [-0.39, 0.29) is 24.2 Å². The van der Waals surface area contributed by atoms with Gasteiger partial charge >= 0.3 is 0 Å². The lowest BCUT2D eigenvalue weighted by Crippen LogP contribution is -2.49. The van der Waals surface area contributed by atoms with Crippen LogP contribution in [0.3, 0.4) is 0 Å². The van der Waals surface area contributed by atoms with Gasteiger partial charge in [0, 0.05) is 30.9 Å². The molecule has 1 aromatic heterocycles. The Morgan fingerprint density at radius 1 is 1.50 bits per heavy atom. The van der Waals surface area contributed by atoms with Crippen LogP contribution in [-0.4, -0.2) is 45.0 Å². The van der Waals surface area contributed by atoms with Gasteiger partial charge in [-0.25, -0.2) is 0 Å². The molecule has 0 spiro atoms. The standard InChI is InChI=1S/C15H28N4O/c1-4-12(16)15(11-9-17-18(2)10-11)19(3)13-7-5-6-8-14(13)20/h9-10,12-15,20H,4-8,16H2,1-3H3. The van der Waals surface area contributed by atoms with Gasteiger partial charge in [-0.1, -0.05) is 19.8 Å². The first-order valence-corrected chi connectivity index (χ1v) is 7.68. The Balaban J connectivity index is 2.21. The van der Waals surface area contributed by atoms with E-state index in [2.05, 4.69) is 24.0 Å². The highest BCUT2D eigenvalue weighted by Gasteiger charge is 2.34. The molecule has 2 rings (SSSR count). The Kier molecular flexibility index (Phi) is 5.18. The molecular formula is C15H28N4O. The van der Waals surface area contributed by atoms with Gasteiger partial charge in [0.2, 0.25) is 0 Å². The quantitative estimate of drug-likeness (QED) is 0.856. The number of hydrogen-bond donors (Lipinski definition) is 2. The van der Waals surface area contributed by atoms with Gasteiger partial charge in [0.25, 0.3) is 0 Å². The molecule has 1 fully saturated rings. The number of aliphatic hydroxyl groups is 1. The smallest absolute Gasteiger partial charge is 0.0695 e. The molecule has 0 aromatic carbocycles. The molecule has 5 heteroatoms. The minimum absolute atomic E-state index is 0.0540. The Bertz CT molecular complexity index is 420. The third-order valence-electron chi connectivity index (χ3n) is 4.60. The van der Waals surface area contributed by atoms with Crippen LogP contribution >= 0.6 is 0 Å². The van der Waals surface area contributed by atoms with Gasteiger partial charge in [0.05, 0.1) is 18.3 Å². The molecule has 1 aliphatic rings. The zero-order valence-electron chi connectivity index (χ0n) is 12.9. The van der Waals surface area contributed by atoms with E-state index in [1.165, 1.54) is 6.42 Å². The normalized spacial score (nSPS) is 26.7. The zero-order valence-corrected chi connectivity index (χ0v) is 12.9. The molecule has 1 aromatic rings. The highest BCUT2D eigenvalue weighted by molar-refractivity contribution is 5.14. The van der Waals surface area contributed by atoms with Gasteiger partial charge in [-0.05, 0) is 26.3 Å². The third kappa shape index (κ3) is 3.22. The van der Waals surface area contributed by atoms with Crippen molar-refractivity contribution in [3.63, 3.8) is 0 Å². The minimum Gasteiger partial charge on any atom is -0.391 e. The lowest BCUT2D eigenvalue weighted by molar-refractivity contribution is 0.00643. The van der Waals surface area contributed by atoms with Crippen molar-refractivity contribution in [3.8, 4) is 0 Å². The van der Waals surface area contributed by atoms with Gasteiger partial charge in [-0.15, -0.1) is 0 Å². The van der Waals surface area contributed by atoms with Gasteiger partial charge < -0.3 is 10.8 Å². The molecule has 114 valence electrons. The molecule has 5 nitrogen and oxygen atoms in total. The summed E-state index contributed by atoms with van der Waals surface area (Å²) in [6.45, 7) is 2.11. The fourth-order valence-corrected chi connectivity index (χ4v) is 3.37. The molecule has 0 saturated heterocycles. The summed E-state index contributed by atoms with van der Waals surface area (Å²) in [7, 11) is 4.01. The van der Waals surface area contributed by atoms with Crippen LogP contribution in [0.1, 0.15) is 50.6 Å². The van der Waals surface area contributed by atoms with Crippen molar-refractivity contribution in [2.24, 2.45) is 12.8 Å². The number of aliphatic hydroxyl groups excluding tert-OH is 1. The maximum absolute atomic E-state index is 10.3. The summed E-state index contributed by atoms with van der Waals surface area (Å²) in [6.07, 6.45) is 8.86. The van der Waals surface area contributed by atoms with Crippen molar-refractivity contribution < 1.29 is 5.11 Å². The zero-order chi connectivity index (χ0) is 14.7. The molecule has 1 saturated carbocycles. The fraction of sp³-hybridized carbons (Fsp3) is 0.800. The van der Waals surface area contributed by atoms with Gasteiger partial charge in [-0.3, -0.25) is 9.58 Å². The summed E-state index contributed by atoms with van der Waals surface area (Å²) >= 11 is 0. The van der Waals surface area contributed by atoms with Crippen LogP contribution in [0.4, 0.5) is 0 Å². The van der Waals surface area contributed by atoms with E-state index in [0.717, 1.165) is 31.2 Å². The van der Waals surface area contributed by atoms with Crippen LogP contribution in [0.2, 0.25) is 0 Å². The third-order valence-corrected chi connectivity index (χ3v) is 4.60. The topological polar surface area (TPSA) is 67.3 Å². The average molecular weight is 280 g/mol. The van der Waals surface area contributed by atoms with Crippen molar-refractivity contribution in [2.45, 2.75) is 63.3 Å². The molecule has 1 aliphatic carbocycles. The SMILES string of the molecule is CCC(N)C(c1cnn(C)c1)N(C)C1CCCCC1O. The van der Waals surface area contributed by atoms with Gasteiger partial charge in [0.15, 0.2) is 0 Å². The van der Waals surface area contributed by atoms with Crippen molar-refractivity contribution in [2.75, 3.05) is 7.05 Å². The summed E-state index contributed by atoms with van der Waals surface area (Å²) in [6, 6.07) is 0.372. The number of likely N-dealkylation sites (N-methyl/N-ethyl adjacent to an activating group) is 1. The molecule has 4 unspecified atom stereocenters. The molecule has 0 bridgehead atoms. The summed E-state index contributed by atoms with van der Waals surface area (Å²) in [5.74, 6) is 0. The molecule has 0 aliphatic heterocycles. The van der Waals surface area contributed by atoms with E-state index in [4.69, 9.17) is 5.73 Å². The van der Waals surface area contributed by atoms with Crippen LogP contribution in [0.15, 0.2) is 12.4 Å². The second-order valence-corrected chi connectivity index (χ2v) is 6.05. The minimum atomic E-state index is -0.239. The predicted octanol–water partition coefficient (Wildman–Crippen LogP) is 1.43. The Morgan fingerprint density at radius 3 is 2.75 bits per heavy atom. The first kappa shape index (κ1) is 15.5. The maximum atomic E-state index is 10.3. The van der Waals surface area contributed by atoms with Crippen LogP contribution in [0.5, 0.6) is 0 Å². The Hall–Kier alpha value is -0.910. The molecule has 4 atom stereocenters. The van der Waals surface area contributed by atoms with Crippen molar-refractivity contribution in [1.29, 1.82) is 0 Å². The van der Waals surface area contributed by atoms with E-state index in [1.807, 2.05) is 24.1 Å². The van der Waals surface area contributed by atoms with Crippen LogP contribution < -0.4 is 5.73 Å². The molecular weight excluding hydrogens is 252 g/mol. The van der Waals surface area contributed by atoms with Gasteiger partial charge in [0.1, 0.15) is 0 Å². The maximum Gasteiger partial charge on any atom is 0.0695 e. The van der Waals surface area contributed by atoms with Crippen LogP contribution in [-0.2, 0) is 7.05 Å². The number of aryl methyl sites for hydroxylation is 1. The Labute approximate surface area is 121 Å². The molecule has 0 radical (unpaired) electrons. The van der Waals surface area contributed by atoms with Crippen molar-refractivity contribution >= 4 is 0 Å². The molecule has 0 amide bonds. The van der Waals surface area contributed by atoms with E-state index in [0.29, 0.717) is 0 Å². The van der Waals surface area contributed by atoms with Crippen LogP contribution in [0, 0.1) is 0 Å². The van der Waals surface area contributed by atoms with E-state index >= 15 is 0 Å². The average Bonchev–Trinajstić information content (AvgIpc) is 2.85. The van der Waals surface area contributed by atoms with E-state index in [9.17, 15) is 5.11 Å². The lowest BCUT2D eigenvalue weighted by atomic mass is 9.88. The van der Waals surface area contributed by atoms with Crippen LogP contribution in [0.25, 0.3) is 0 Å². The fourth-order valence-electron chi connectivity index (χ4n) is 3.37. The summed E-state index contributed by atoms with van der Waals surface area (Å²) in [4.78, 5) is 2.27. The number of nitrogens with zero attached hydrogens (tertiary/aromatic N) is 3. The molecule has 20 heavy (non-hydrogen) atoms. The predicted molar refractivity (Wildman–Crippen MR) is 80.2 cm³/mol. The summed E-state index contributed by atoms with van der Waals surface area (Å²) in [5, 5.41) is 14.6. The van der Waals surface area contributed by atoms with E-state index in [1.54, 1.807) is 0 Å². The van der Waals surface area contributed by atoms with Crippen molar-refractivity contribution in [1.82, 2.24) is 14.7 Å². The number of aromatic nitrogens is 2. The molecule has 1 heterocycles.